The summed E-state index contributed by atoms with van der Waals surface area (Å²) in [5.74, 6) is -0.219. The standard InChI is InChI=1S/C21H23N5O3/c1-14(2)23-21(29)25-16-9-7-15(8-10-16)24-19(27)11-12-26-13-22-18-6-4-3-5-17(18)20(26)28/h3-10,13-14H,11-12H2,1-2H3,(H,24,27)(H2,23,25,29). The number of aryl methyl sites for hydroxylation is 1. The second kappa shape index (κ2) is 9.01. The maximum Gasteiger partial charge on any atom is 0.319 e. The molecule has 0 saturated heterocycles. The van der Waals surface area contributed by atoms with Crippen LogP contribution in [0.4, 0.5) is 16.2 Å². The zero-order chi connectivity index (χ0) is 20.8. The summed E-state index contributed by atoms with van der Waals surface area (Å²) in [6, 6.07) is 13.7. The highest BCUT2D eigenvalue weighted by molar-refractivity contribution is 5.92. The number of urea groups is 1. The van der Waals surface area contributed by atoms with E-state index in [-0.39, 0.29) is 36.5 Å². The molecule has 8 heteroatoms. The number of carbonyl (C=O) groups excluding carboxylic acids is 2. The zero-order valence-corrected chi connectivity index (χ0v) is 16.3. The van der Waals surface area contributed by atoms with Gasteiger partial charge in [-0.15, -0.1) is 0 Å². The van der Waals surface area contributed by atoms with Crippen LogP contribution in [-0.2, 0) is 11.3 Å². The molecule has 0 atom stereocenters. The Morgan fingerprint density at radius 3 is 2.34 bits per heavy atom. The van der Waals surface area contributed by atoms with Gasteiger partial charge in [0, 0.05) is 30.4 Å². The fourth-order valence-electron chi connectivity index (χ4n) is 2.78. The molecule has 0 bridgehead atoms. The summed E-state index contributed by atoms with van der Waals surface area (Å²) < 4.78 is 1.43. The molecule has 0 saturated carbocycles. The van der Waals surface area contributed by atoms with Crippen molar-refractivity contribution in [3.05, 3.63) is 65.2 Å². The van der Waals surface area contributed by atoms with E-state index < -0.39 is 0 Å². The molecular formula is C21H23N5O3. The van der Waals surface area contributed by atoms with Crippen molar-refractivity contribution >= 4 is 34.2 Å². The van der Waals surface area contributed by atoms with Crippen molar-refractivity contribution in [2.24, 2.45) is 0 Å². The van der Waals surface area contributed by atoms with Crippen LogP contribution in [0.1, 0.15) is 20.3 Å². The van der Waals surface area contributed by atoms with Gasteiger partial charge in [0.15, 0.2) is 0 Å². The van der Waals surface area contributed by atoms with Gasteiger partial charge in [0.25, 0.3) is 5.56 Å². The highest BCUT2D eigenvalue weighted by Gasteiger charge is 2.08. The molecule has 3 rings (SSSR count). The Kier molecular flexibility index (Phi) is 6.23. The molecule has 1 heterocycles. The third-order valence-corrected chi connectivity index (χ3v) is 4.16. The van der Waals surface area contributed by atoms with Crippen molar-refractivity contribution in [1.82, 2.24) is 14.9 Å². The SMILES string of the molecule is CC(C)NC(=O)Nc1ccc(NC(=O)CCn2cnc3ccccc3c2=O)cc1. The molecule has 0 aliphatic rings. The fourth-order valence-corrected chi connectivity index (χ4v) is 2.78. The van der Waals surface area contributed by atoms with Crippen LogP contribution < -0.4 is 21.5 Å². The molecule has 29 heavy (non-hydrogen) atoms. The highest BCUT2D eigenvalue weighted by Crippen LogP contribution is 2.14. The lowest BCUT2D eigenvalue weighted by atomic mass is 10.2. The summed E-state index contributed by atoms with van der Waals surface area (Å²) in [4.78, 5) is 40.6. The van der Waals surface area contributed by atoms with Crippen molar-refractivity contribution in [3.8, 4) is 0 Å². The Morgan fingerprint density at radius 1 is 1.00 bits per heavy atom. The quantitative estimate of drug-likeness (QED) is 0.599. The van der Waals surface area contributed by atoms with Crippen LogP contribution in [0.5, 0.6) is 0 Å². The minimum Gasteiger partial charge on any atom is -0.336 e. The monoisotopic (exact) mass is 393 g/mol. The van der Waals surface area contributed by atoms with Crippen LogP contribution in [0.15, 0.2) is 59.7 Å². The molecule has 150 valence electrons. The number of amides is 3. The number of benzene rings is 2. The van der Waals surface area contributed by atoms with Gasteiger partial charge in [-0.25, -0.2) is 9.78 Å². The molecule has 1 aromatic heterocycles. The van der Waals surface area contributed by atoms with Crippen molar-refractivity contribution in [1.29, 1.82) is 0 Å². The average Bonchev–Trinajstić information content (AvgIpc) is 2.68. The van der Waals surface area contributed by atoms with E-state index in [4.69, 9.17) is 0 Å². The summed E-state index contributed by atoms with van der Waals surface area (Å²) in [5.41, 5.74) is 1.69. The molecule has 3 aromatic rings. The predicted molar refractivity (Wildman–Crippen MR) is 113 cm³/mol. The van der Waals surface area contributed by atoms with Crippen molar-refractivity contribution in [2.75, 3.05) is 10.6 Å². The highest BCUT2D eigenvalue weighted by atomic mass is 16.2. The van der Waals surface area contributed by atoms with E-state index in [9.17, 15) is 14.4 Å². The van der Waals surface area contributed by atoms with Gasteiger partial charge in [0.2, 0.25) is 5.91 Å². The normalized spacial score (nSPS) is 10.7. The number of fused-ring (bicyclic) bond motifs is 1. The second-order valence-electron chi connectivity index (χ2n) is 6.89. The molecule has 3 amide bonds. The Bertz CT molecular complexity index is 1070. The Balaban J connectivity index is 1.55. The van der Waals surface area contributed by atoms with Crippen LogP contribution in [0.3, 0.4) is 0 Å². The van der Waals surface area contributed by atoms with E-state index in [0.717, 1.165) is 0 Å². The van der Waals surface area contributed by atoms with Crippen LogP contribution in [0.2, 0.25) is 0 Å². The lowest BCUT2D eigenvalue weighted by Gasteiger charge is -2.11. The molecule has 0 radical (unpaired) electrons. The number of anilines is 2. The van der Waals surface area contributed by atoms with Crippen molar-refractivity contribution in [2.45, 2.75) is 32.9 Å². The van der Waals surface area contributed by atoms with E-state index in [1.165, 1.54) is 10.9 Å². The first-order valence-corrected chi connectivity index (χ1v) is 9.34. The Labute approximate surface area is 168 Å². The number of nitrogens with one attached hydrogen (secondary N) is 3. The maximum atomic E-state index is 12.4. The summed E-state index contributed by atoms with van der Waals surface area (Å²) in [6.45, 7) is 3.98. The molecule has 0 spiro atoms. The smallest absolute Gasteiger partial charge is 0.319 e. The van der Waals surface area contributed by atoms with Gasteiger partial charge in [-0.2, -0.15) is 0 Å². The summed E-state index contributed by atoms with van der Waals surface area (Å²) in [5, 5.41) is 8.75. The van der Waals surface area contributed by atoms with Crippen LogP contribution in [0.25, 0.3) is 10.9 Å². The third kappa shape index (κ3) is 5.41. The van der Waals surface area contributed by atoms with Gasteiger partial charge in [-0.1, -0.05) is 12.1 Å². The molecule has 2 aromatic carbocycles. The molecule has 8 nitrogen and oxygen atoms in total. The minimum atomic E-state index is -0.286. The Morgan fingerprint density at radius 2 is 1.66 bits per heavy atom. The number of carbonyl (C=O) groups is 2. The Hall–Kier alpha value is -3.68. The lowest BCUT2D eigenvalue weighted by molar-refractivity contribution is -0.116. The van der Waals surface area contributed by atoms with Gasteiger partial charge < -0.3 is 16.0 Å². The molecule has 0 fully saturated rings. The van der Waals surface area contributed by atoms with Gasteiger partial charge in [-0.05, 0) is 50.2 Å². The van der Waals surface area contributed by atoms with Gasteiger partial charge in [0.1, 0.15) is 0 Å². The fraction of sp³-hybridized carbons (Fsp3) is 0.238. The van der Waals surface area contributed by atoms with Gasteiger partial charge >= 0.3 is 6.03 Å². The number of hydrogen-bond acceptors (Lipinski definition) is 4. The molecule has 3 N–H and O–H groups in total. The minimum absolute atomic E-state index is 0.0406. The summed E-state index contributed by atoms with van der Waals surface area (Å²) in [7, 11) is 0. The van der Waals surface area contributed by atoms with Crippen LogP contribution in [-0.4, -0.2) is 27.5 Å². The molecular weight excluding hydrogens is 370 g/mol. The topological polar surface area (TPSA) is 105 Å². The van der Waals surface area contributed by atoms with Crippen molar-refractivity contribution < 1.29 is 9.59 Å². The lowest BCUT2D eigenvalue weighted by Crippen LogP contribution is -2.34. The largest absolute Gasteiger partial charge is 0.336 e. The van der Waals surface area contributed by atoms with E-state index in [2.05, 4.69) is 20.9 Å². The van der Waals surface area contributed by atoms with E-state index in [0.29, 0.717) is 22.3 Å². The number of para-hydroxylation sites is 1. The van der Waals surface area contributed by atoms with Gasteiger partial charge in [0.05, 0.1) is 17.2 Å². The zero-order valence-electron chi connectivity index (χ0n) is 16.3. The first-order chi connectivity index (χ1) is 13.9. The number of rotatable bonds is 6. The average molecular weight is 393 g/mol. The van der Waals surface area contributed by atoms with E-state index in [1.807, 2.05) is 19.9 Å². The van der Waals surface area contributed by atoms with Gasteiger partial charge in [-0.3, -0.25) is 14.2 Å². The van der Waals surface area contributed by atoms with E-state index >= 15 is 0 Å². The first-order valence-electron chi connectivity index (χ1n) is 9.34. The number of nitrogens with zero attached hydrogens (tertiary/aromatic N) is 2. The van der Waals surface area contributed by atoms with Crippen LogP contribution in [0, 0.1) is 0 Å². The predicted octanol–water partition coefficient (Wildman–Crippen LogP) is 2.96. The summed E-state index contributed by atoms with van der Waals surface area (Å²) >= 11 is 0. The second-order valence-corrected chi connectivity index (χ2v) is 6.89. The van der Waals surface area contributed by atoms with Crippen LogP contribution >= 0.6 is 0 Å². The number of hydrogen-bond donors (Lipinski definition) is 3. The van der Waals surface area contributed by atoms with Crippen molar-refractivity contribution in [3.63, 3.8) is 0 Å². The molecule has 0 aliphatic heterocycles. The maximum absolute atomic E-state index is 12.4. The number of aromatic nitrogens is 2. The van der Waals surface area contributed by atoms with E-state index in [1.54, 1.807) is 42.5 Å². The molecule has 0 aliphatic carbocycles. The first kappa shape index (κ1) is 20.1. The molecule has 0 unspecified atom stereocenters. The summed E-state index contributed by atoms with van der Waals surface area (Å²) in [6.07, 6.45) is 1.59. The third-order valence-electron chi connectivity index (χ3n) is 4.16.